The predicted octanol–water partition coefficient (Wildman–Crippen LogP) is 7.88. The fourth-order valence-corrected chi connectivity index (χ4v) is 5.45. The molecule has 2 aliphatic rings. The van der Waals surface area contributed by atoms with Crippen LogP contribution >= 0.6 is 0 Å². The lowest BCUT2D eigenvalue weighted by molar-refractivity contribution is 0.559. The van der Waals surface area contributed by atoms with E-state index in [2.05, 4.69) is 90.1 Å². The molecule has 0 nitrogen and oxygen atoms in total. The Hall–Kier alpha value is -2.08. The van der Waals surface area contributed by atoms with Gasteiger partial charge < -0.3 is 0 Å². The molecule has 0 aliphatic heterocycles. The zero-order valence-electron chi connectivity index (χ0n) is 18.4. The van der Waals surface area contributed by atoms with E-state index in [1.54, 1.807) is 22.3 Å². The zero-order chi connectivity index (χ0) is 20.1. The van der Waals surface area contributed by atoms with E-state index in [-0.39, 0.29) is 10.8 Å². The highest BCUT2D eigenvalue weighted by atomic mass is 14.4. The van der Waals surface area contributed by atoms with Gasteiger partial charge in [-0.1, -0.05) is 101 Å². The Morgan fingerprint density at radius 1 is 0.571 bits per heavy atom. The van der Waals surface area contributed by atoms with Gasteiger partial charge >= 0.3 is 0 Å². The molecule has 0 radical (unpaired) electrons. The maximum atomic E-state index is 2.37. The molecule has 4 rings (SSSR count). The van der Waals surface area contributed by atoms with Crippen LogP contribution in [-0.4, -0.2) is 0 Å². The number of rotatable bonds is 3. The Morgan fingerprint density at radius 2 is 0.929 bits per heavy atom. The van der Waals surface area contributed by atoms with Gasteiger partial charge in [-0.2, -0.15) is 0 Å². The average molecular weight is 371 g/mol. The van der Waals surface area contributed by atoms with Crippen molar-refractivity contribution in [3.8, 4) is 0 Å². The van der Waals surface area contributed by atoms with Crippen molar-refractivity contribution in [3.63, 3.8) is 0 Å². The van der Waals surface area contributed by atoms with Crippen LogP contribution in [0.3, 0.4) is 0 Å². The number of fused-ring (bicyclic) bond motifs is 2. The van der Waals surface area contributed by atoms with Crippen molar-refractivity contribution in [3.05, 3.63) is 81.9 Å². The minimum atomic E-state index is 0.196. The number of allylic oxidation sites excluding steroid dienone is 4. The minimum Gasteiger partial charge on any atom is -0.0619 e. The highest BCUT2D eigenvalue weighted by molar-refractivity contribution is 5.81. The van der Waals surface area contributed by atoms with Crippen LogP contribution in [0, 0.1) is 10.8 Å². The second-order valence-corrected chi connectivity index (χ2v) is 10.6. The van der Waals surface area contributed by atoms with Crippen LogP contribution in [-0.2, 0) is 12.8 Å². The molecular formula is C28H34. The van der Waals surface area contributed by atoms with Gasteiger partial charge in [-0.15, -0.1) is 0 Å². The molecule has 0 atom stereocenters. The first-order valence-electron chi connectivity index (χ1n) is 10.8. The van der Waals surface area contributed by atoms with E-state index in [0.29, 0.717) is 0 Å². The van der Waals surface area contributed by atoms with E-state index in [0.717, 1.165) is 12.8 Å². The molecule has 0 spiro atoms. The molecule has 0 aromatic heterocycles. The largest absolute Gasteiger partial charge is 0.0619 e. The summed E-state index contributed by atoms with van der Waals surface area (Å²) >= 11 is 0. The summed E-state index contributed by atoms with van der Waals surface area (Å²) in [6.45, 7) is 14.2. The highest BCUT2D eigenvalue weighted by Gasteiger charge is 2.32. The molecule has 0 saturated carbocycles. The Bertz CT molecular complexity index is 886. The Kier molecular flexibility index (Phi) is 4.65. The third kappa shape index (κ3) is 3.39. The second kappa shape index (κ2) is 6.76. The summed E-state index contributed by atoms with van der Waals surface area (Å²) in [6.07, 6.45) is 4.64. The summed E-state index contributed by atoms with van der Waals surface area (Å²) in [5.41, 5.74) is 12.9. The lowest BCUT2D eigenvalue weighted by atomic mass is 9.79. The average Bonchev–Trinajstić information content (AvgIpc) is 3.16. The van der Waals surface area contributed by atoms with Crippen molar-refractivity contribution >= 4 is 11.1 Å². The minimum absolute atomic E-state index is 0.196. The molecule has 0 saturated heterocycles. The number of hydrogen-bond acceptors (Lipinski definition) is 0. The zero-order valence-corrected chi connectivity index (χ0v) is 18.4. The van der Waals surface area contributed by atoms with E-state index in [4.69, 9.17) is 0 Å². The van der Waals surface area contributed by atoms with Gasteiger partial charge in [-0.05, 0) is 69.9 Å². The van der Waals surface area contributed by atoms with Crippen LogP contribution in [0.1, 0.15) is 76.6 Å². The molecule has 0 unspecified atom stereocenters. The normalized spacial score (nSPS) is 16.6. The molecule has 0 N–H and O–H groups in total. The molecule has 28 heavy (non-hydrogen) atoms. The first-order valence-corrected chi connectivity index (χ1v) is 10.8. The van der Waals surface area contributed by atoms with Gasteiger partial charge in [0.25, 0.3) is 0 Å². The topological polar surface area (TPSA) is 0 Å². The van der Waals surface area contributed by atoms with Gasteiger partial charge in [0.2, 0.25) is 0 Å². The van der Waals surface area contributed by atoms with Gasteiger partial charge in [0, 0.05) is 0 Å². The van der Waals surface area contributed by atoms with E-state index in [1.165, 1.54) is 35.1 Å². The van der Waals surface area contributed by atoms with Crippen LogP contribution in [0.4, 0.5) is 0 Å². The first kappa shape index (κ1) is 19.2. The molecule has 2 aromatic rings. The smallest absolute Gasteiger partial charge is 0.00547 e. The Morgan fingerprint density at radius 3 is 1.29 bits per heavy atom. The van der Waals surface area contributed by atoms with E-state index < -0.39 is 0 Å². The van der Waals surface area contributed by atoms with Crippen molar-refractivity contribution in [2.75, 3.05) is 0 Å². The van der Waals surface area contributed by atoms with Gasteiger partial charge in [-0.3, -0.25) is 0 Å². The number of hydrogen-bond donors (Lipinski definition) is 0. The van der Waals surface area contributed by atoms with Gasteiger partial charge in [0.15, 0.2) is 0 Å². The summed E-state index contributed by atoms with van der Waals surface area (Å²) in [6, 6.07) is 18.1. The predicted molar refractivity (Wildman–Crippen MR) is 122 cm³/mol. The Balaban J connectivity index is 1.67. The molecule has 0 fully saturated rings. The summed E-state index contributed by atoms with van der Waals surface area (Å²) < 4.78 is 0. The van der Waals surface area contributed by atoms with E-state index in [9.17, 15) is 0 Å². The molecule has 2 aromatic carbocycles. The van der Waals surface area contributed by atoms with Crippen molar-refractivity contribution in [1.29, 1.82) is 0 Å². The molecule has 2 aliphatic carbocycles. The van der Waals surface area contributed by atoms with Crippen LogP contribution in [0.15, 0.2) is 59.7 Å². The van der Waals surface area contributed by atoms with Crippen molar-refractivity contribution in [1.82, 2.24) is 0 Å². The van der Waals surface area contributed by atoms with Crippen molar-refractivity contribution in [2.24, 2.45) is 10.8 Å². The van der Waals surface area contributed by atoms with Crippen LogP contribution in [0.2, 0.25) is 0 Å². The first-order chi connectivity index (χ1) is 13.2. The van der Waals surface area contributed by atoms with Gasteiger partial charge in [0.1, 0.15) is 0 Å². The molecule has 0 bridgehead atoms. The second-order valence-electron chi connectivity index (χ2n) is 10.6. The molecule has 0 amide bonds. The molecule has 0 heteroatoms. The summed E-state index contributed by atoms with van der Waals surface area (Å²) in [5, 5.41) is 0. The third-order valence-electron chi connectivity index (χ3n) is 6.32. The maximum Gasteiger partial charge on any atom is -0.00547 e. The van der Waals surface area contributed by atoms with Crippen LogP contribution in [0.5, 0.6) is 0 Å². The summed E-state index contributed by atoms with van der Waals surface area (Å²) in [4.78, 5) is 0. The summed E-state index contributed by atoms with van der Waals surface area (Å²) in [5.74, 6) is 0. The van der Waals surface area contributed by atoms with Crippen molar-refractivity contribution < 1.29 is 0 Å². The fourth-order valence-electron chi connectivity index (χ4n) is 5.45. The number of benzene rings is 2. The summed E-state index contributed by atoms with van der Waals surface area (Å²) in [7, 11) is 0. The highest BCUT2D eigenvalue weighted by Crippen LogP contribution is 2.48. The lowest BCUT2D eigenvalue weighted by Gasteiger charge is -2.25. The van der Waals surface area contributed by atoms with Gasteiger partial charge in [-0.25, -0.2) is 0 Å². The fraction of sp³-hybridized carbons (Fsp3) is 0.429. The van der Waals surface area contributed by atoms with Gasteiger partial charge in [0.05, 0.1) is 0 Å². The molecule has 146 valence electrons. The van der Waals surface area contributed by atoms with E-state index >= 15 is 0 Å². The standard InChI is InChI=1S/C28H34/c1-27(2,3)25-21(17-19-11-7-9-13-23(19)25)15-16-22-18-20-12-8-10-14-24(20)26(22)28(4,5)6/h7-14H,15-18H2,1-6H3. The lowest BCUT2D eigenvalue weighted by Crippen LogP contribution is -2.10. The molecular weight excluding hydrogens is 336 g/mol. The van der Waals surface area contributed by atoms with Crippen molar-refractivity contribution in [2.45, 2.75) is 67.2 Å². The molecule has 0 heterocycles. The Labute approximate surface area is 171 Å². The van der Waals surface area contributed by atoms with Crippen LogP contribution < -0.4 is 0 Å². The van der Waals surface area contributed by atoms with Crippen LogP contribution in [0.25, 0.3) is 11.1 Å². The third-order valence-corrected chi connectivity index (χ3v) is 6.32. The monoisotopic (exact) mass is 370 g/mol. The maximum absolute atomic E-state index is 2.37. The van der Waals surface area contributed by atoms with E-state index in [1.807, 2.05) is 0 Å². The quantitative estimate of drug-likeness (QED) is 0.515. The SMILES string of the molecule is CC(C)(C)C1=C(CCC2=C(C(C)(C)C)c3ccccc3C2)Cc2ccccc21.